The van der Waals surface area contributed by atoms with Crippen LogP contribution in [0.3, 0.4) is 0 Å². The van der Waals surface area contributed by atoms with Crippen molar-refractivity contribution in [3.63, 3.8) is 0 Å². The molecule has 0 spiro atoms. The van der Waals surface area contributed by atoms with Crippen LogP contribution in [-0.4, -0.2) is 101 Å². The van der Waals surface area contributed by atoms with Crippen LogP contribution in [-0.2, 0) is 19.1 Å². The largest absolute Gasteiger partial charge is 0.480 e. The molecule has 1 saturated heterocycles. The minimum atomic E-state index is -1.23. The highest BCUT2D eigenvalue weighted by Crippen LogP contribution is 2.28. The molecule has 0 radical (unpaired) electrons. The molecule has 3 amide bonds. The van der Waals surface area contributed by atoms with Crippen LogP contribution < -0.4 is 11.1 Å². The number of ether oxygens (including phenoxy) is 1. The number of carboxylic acids is 1. The van der Waals surface area contributed by atoms with Crippen LogP contribution in [0, 0.1) is 11.3 Å². The highest BCUT2D eigenvalue weighted by atomic mass is 16.5. The summed E-state index contributed by atoms with van der Waals surface area (Å²) < 4.78 is 5.39. The molecule has 2 saturated carbocycles. The number of aliphatic carboxylic acids is 1. The van der Waals surface area contributed by atoms with Crippen LogP contribution in [0.1, 0.15) is 64.2 Å². The zero-order valence-corrected chi connectivity index (χ0v) is 21.1. The number of piperidine rings is 1. The monoisotopic (exact) mass is 508 g/mol. The molecule has 12 heteroatoms. The van der Waals surface area contributed by atoms with Gasteiger partial charge in [-0.3, -0.25) is 19.8 Å². The van der Waals surface area contributed by atoms with Gasteiger partial charge in [0.15, 0.2) is 5.96 Å². The topological polar surface area (TPSA) is 169 Å². The summed E-state index contributed by atoms with van der Waals surface area (Å²) in [6, 6.07) is -1.62. The first-order chi connectivity index (χ1) is 17.2. The SMILES string of the molecule is CN(C(=O)C[C@H](NC(=O)OCC1CCCCC1)C(=O)N(CC(=O)O)C1CC1)[C@H]1CCCN(C(=N)N)C1. The van der Waals surface area contributed by atoms with Gasteiger partial charge in [-0.25, -0.2) is 4.79 Å². The zero-order chi connectivity index (χ0) is 26.2. The Bertz CT molecular complexity index is 828. The van der Waals surface area contributed by atoms with Gasteiger partial charge in [0.1, 0.15) is 12.6 Å². The summed E-state index contributed by atoms with van der Waals surface area (Å²) in [6.45, 7) is 0.833. The molecule has 2 aliphatic carbocycles. The summed E-state index contributed by atoms with van der Waals surface area (Å²) in [7, 11) is 1.63. The van der Waals surface area contributed by atoms with Crippen molar-refractivity contribution < 1.29 is 29.0 Å². The molecule has 3 rings (SSSR count). The van der Waals surface area contributed by atoms with Crippen molar-refractivity contribution in [3.05, 3.63) is 0 Å². The maximum absolute atomic E-state index is 13.3. The van der Waals surface area contributed by atoms with Crippen molar-refractivity contribution in [2.45, 2.75) is 82.3 Å². The Kier molecular flexibility index (Phi) is 9.77. The molecule has 0 unspecified atom stereocenters. The van der Waals surface area contributed by atoms with E-state index in [1.807, 2.05) is 0 Å². The van der Waals surface area contributed by atoms with E-state index >= 15 is 0 Å². The minimum absolute atomic E-state index is 0.0512. The molecule has 3 fully saturated rings. The van der Waals surface area contributed by atoms with E-state index in [0.29, 0.717) is 25.9 Å². The molecule has 3 aliphatic rings. The molecule has 0 aromatic carbocycles. The maximum Gasteiger partial charge on any atom is 0.407 e. The highest BCUT2D eigenvalue weighted by molar-refractivity contribution is 5.92. The van der Waals surface area contributed by atoms with Crippen LogP contribution in [0.2, 0.25) is 0 Å². The Morgan fingerprint density at radius 2 is 1.78 bits per heavy atom. The lowest BCUT2D eigenvalue weighted by Gasteiger charge is -2.38. The van der Waals surface area contributed by atoms with E-state index in [9.17, 15) is 24.3 Å². The van der Waals surface area contributed by atoms with Gasteiger partial charge in [0, 0.05) is 32.2 Å². The van der Waals surface area contributed by atoms with Gasteiger partial charge in [0.25, 0.3) is 0 Å². The van der Waals surface area contributed by atoms with Crippen molar-refractivity contribution >= 4 is 29.8 Å². The molecular formula is C24H40N6O6. The second-order valence-electron chi connectivity index (χ2n) is 10.2. The van der Waals surface area contributed by atoms with E-state index in [1.54, 1.807) is 11.9 Å². The second kappa shape index (κ2) is 12.8. The number of carbonyl (C=O) groups is 4. The van der Waals surface area contributed by atoms with Gasteiger partial charge in [-0.1, -0.05) is 19.3 Å². The van der Waals surface area contributed by atoms with E-state index in [1.165, 1.54) is 16.2 Å². The molecule has 2 atom stereocenters. The van der Waals surface area contributed by atoms with Gasteiger partial charge in [0.05, 0.1) is 13.0 Å². The average molecular weight is 509 g/mol. The highest BCUT2D eigenvalue weighted by Gasteiger charge is 2.39. The van der Waals surface area contributed by atoms with Crippen LogP contribution in [0.25, 0.3) is 0 Å². The molecule has 0 aromatic rings. The average Bonchev–Trinajstić information content (AvgIpc) is 3.70. The first-order valence-electron chi connectivity index (χ1n) is 13.0. The van der Waals surface area contributed by atoms with E-state index in [4.69, 9.17) is 15.9 Å². The van der Waals surface area contributed by atoms with E-state index in [2.05, 4.69) is 5.32 Å². The molecule has 1 heterocycles. The number of nitrogens with one attached hydrogen (secondary N) is 2. The lowest BCUT2D eigenvalue weighted by atomic mass is 9.90. The quantitative estimate of drug-likeness (QED) is 0.250. The number of hydrogen-bond donors (Lipinski definition) is 4. The molecule has 36 heavy (non-hydrogen) atoms. The molecule has 0 bridgehead atoms. The van der Waals surface area contributed by atoms with Gasteiger partial charge in [-0.05, 0) is 44.4 Å². The lowest BCUT2D eigenvalue weighted by Crippen LogP contribution is -2.55. The van der Waals surface area contributed by atoms with Crippen molar-refractivity contribution in [1.82, 2.24) is 20.0 Å². The smallest absolute Gasteiger partial charge is 0.407 e. The Balaban J connectivity index is 1.66. The number of rotatable bonds is 10. The Morgan fingerprint density at radius 3 is 2.39 bits per heavy atom. The number of likely N-dealkylation sites (tertiary alicyclic amines) is 1. The number of carbonyl (C=O) groups excluding carboxylic acids is 3. The van der Waals surface area contributed by atoms with Gasteiger partial charge < -0.3 is 35.6 Å². The summed E-state index contributed by atoms with van der Waals surface area (Å²) in [5.41, 5.74) is 5.62. The van der Waals surface area contributed by atoms with Crippen molar-refractivity contribution in [1.29, 1.82) is 5.41 Å². The summed E-state index contributed by atoms with van der Waals surface area (Å²) >= 11 is 0. The fourth-order valence-electron chi connectivity index (χ4n) is 5.06. The second-order valence-corrected chi connectivity index (χ2v) is 10.2. The Hall–Kier alpha value is -3.05. The minimum Gasteiger partial charge on any atom is -0.480 e. The number of likely N-dealkylation sites (N-methyl/N-ethyl adjacent to an activating group) is 1. The third kappa shape index (κ3) is 7.99. The standard InChI is InChI=1S/C24H40N6O6/c1-28(18-8-5-11-29(13-18)23(25)26)20(31)12-19(22(34)30(14-21(32)33)17-9-10-17)27-24(35)36-15-16-6-3-2-4-7-16/h16-19H,2-15H2,1H3,(H3,25,26)(H,27,35)(H,32,33)/t18-,19-/m0/s1. The molecule has 5 N–H and O–H groups in total. The summed E-state index contributed by atoms with van der Waals surface area (Å²) in [6.07, 6.45) is 7.16. The van der Waals surface area contributed by atoms with Crippen LogP contribution >= 0.6 is 0 Å². The van der Waals surface area contributed by atoms with Gasteiger partial charge in [-0.15, -0.1) is 0 Å². The van der Waals surface area contributed by atoms with Gasteiger partial charge >= 0.3 is 12.1 Å². The molecule has 202 valence electrons. The Morgan fingerprint density at radius 1 is 1.08 bits per heavy atom. The molecular weight excluding hydrogens is 468 g/mol. The fraction of sp³-hybridized carbons (Fsp3) is 0.792. The normalized spacial score (nSPS) is 21.2. The van der Waals surface area contributed by atoms with E-state index in [0.717, 1.165) is 38.5 Å². The van der Waals surface area contributed by atoms with E-state index in [-0.39, 0.29) is 42.9 Å². The summed E-state index contributed by atoms with van der Waals surface area (Å²) in [5, 5.41) is 19.5. The predicted molar refractivity (Wildman–Crippen MR) is 131 cm³/mol. The lowest BCUT2D eigenvalue weighted by molar-refractivity contribution is -0.146. The number of guanidine groups is 1. The molecule has 1 aliphatic heterocycles. The third-order valence-electron chi connectivity index (χ3n) is 7.40. The summed E-state index contributed by atoms with van der Waals surface area (Å²) in [5.74, 6) is -1.86. The number of hydrogen-bond acceptors (Lipinski definition) is 6. The fourth-order valence-corrected chi connectivity index (χ4v) is 5.06. The summed E-state index contributed by atoms with van der Waals surface area (Å²) in [4.78, 5) is 55.0. The molecule has 12 nitrogen and oxygen atoms in total. The number of alkyl carbamates (subject to hydrolysis) is 1. The van der Waals surface area contributed by atoms with Crippen LogP contribution in [0.5, 0.6) is 0 Å². The van der Waals surface area contributed by atoms with Crippen molar-refractivity contribution in [3.8, 4) is 0 Å². The number of amides is 3. The van der Waals surface area contributed by atoms with Crippen molar-refractivity contribution in [2.75, 3.05) is 33.3 Å². The van der Waals surface area contributed by atoms with Crippen LogP contribution in [0.4, 0.5) is 4.79 Å². The first kappa shape index (κ1) is 27.5. The van der Waals surface area contributed by atoms with Gasteiger partial charge in [0.2, 0.25) is 11.8 Å². The van der Waals surface area contributed by atoms with Crippen LogP contribution in [0.15, 0.2) is 0 Å². The van der Waals surface area contributed by atoms with Crippen molar-refractivity contribution in [2.24, 2.45) is 11.7 Å². The predicted octanol–water partition coefficient (Wildman–Crippen LogP) is 0.943. The zero-order valence-electron chi connectivity index (χ0n) is 21.1. The Labute approximate surface area is 212 Å². The number of carboxylic acid groups (broad SMARTS) is 1. The number of nitrogens with two attached hydrogens (primary N) is 1. The van der Waals surface area contributed by atoms with E-state index < -0.39 is 30.6 Å². The third-order valence-corrected chi connectivity index (χ3v) is 7.40. The van der Waals surface area contributed by atoms with Gasteiger partial charge in [-0.2, -0.15) is 0 Å². The molecule has 0 aromatic heterocycles. The first-order valence-corrected chi connectivity index (χ1v) is 13.0. The maximum atomic E-state index is 13.3. The number of nitrogens with zero attached hydrogens (tertiary/aromatic N) is 3.